The lowest BCUT2D eigenvalue weighted by Gasteiger charge is -2.16. The van der Waals surface area contributed by atoms with Gasteiger partial charge in [0, 0.05) is 0 Å². The Morgan fingerprint density at radius 2 is 1.73 bits per heavy atom. The second kappa shape index (κ2) is 3.66. The van der Waals surface area contributed by atoms with Crippen LogP contribution in [0.5, 0.6) is 0 Å². The summed E-state index contributed by atoms with van der Waals surface area (Å²) >= 11 is 0. The van der Waals surface area contributed by atoms with Crippen molar-refractivity contribution >= 4 is 20.1 Å². The molecule has 64 valence electrons. The Labute approximate surface area is 67.9 Å². The zero-order valence-electron chi connectivity index (χ0n) is 7.43. The molecule has 0 atom stereocenters. The summed E-state index contributed by atoms with van der Waals surface area (Å²) in [4.78, 5) is 21.3. The molecule has 0 N–H and O–H groups in total. The molecular weight excluding hydrogens is 160 g/mol. The molecule has 0 rings (SSSR count). The Hall–Kier alpha value is -0.643. The van der Waals surface area contributed by atoms with Crippen LogP contribution in [0.1, 0.15) is 13.3 Å². The molecule has 0 saturated carbocycles. The SMILES string of the molecule is CC(=O)CC(=O)O[Si](C)(C)C. The van der Waals surface area contributed by atoms with Crippen molar-refractivity contribution in [1.82, 2.24) is 0 Å². The molecule has 0 aromatic carbocycles. The third kappa shape index (κ3) is 7.25. The van der Waals surface area contributed by atoms with E-state index in [0.717, 1.165) is 0 Å². The van der Waals surface area contributed by atoms with Gasteiger partial charge < -0.3 is 4.43 Å². The molecule has 0 amide bonds. The second-order valence-electron chi connectivity index (χ2n) is 3.47. The monoisotopic (exact) mass is 174 g/mol. The van der Waals surface area contributed by atoms with Crippen LogP contribution in [0.15, 0.2) is 0 Å². The maximum atomic E-state index is 10.9. The van der Waals surface area contributed by atoms with E-state index in [-0.39, 0.29) is 12.2 Å². The van der Waals surface area contributed by atoms with Crippen molar-refractivity contribution in [1.29, 1.82) is 0 Å². The summed E-state index contributed by atoms with van der Waals surface area (Å²) < 4.78 is 5.03. The first-order valence-corrected chi connectivity index (χ1v) is 6.93. The van der Waals surface area contributed by atoms with Gasteiger partial charge in [0.25, 0.3) is 5.97 Å². The van der Waals surface area contributed by atoms with Crippen molar-refractivity contribution in [3.63, 3.8) is 0 Å². The number of hydrogen-bond acceptors (Lipinski definition) is 3. The Kier molecular flexibility index (Phi) is 3.45. The lowest BCUT2D eigenvalue weighted by Crippen LogP contribution is -2.29. The van der Waals surface area contributed by atoms with Crippen molar-refractivity contribution in [2.75, 3.05) is 0 Å². The van der Waals surface area contributed by atoms with E-state index in [9.17, 15) is 9.59 Å². The van der Waals surface area contributed by atoms with Crippen LogP contribution in [0.4, 0.5) is 0 Å². The molecule has 0 aliphatic carbocycles. The van der Waals surface area contributed by atoms with Crippen LogP contribution in [0.3, 0.4) is 0 Å². The van der Waals surface area contributed by atoms with Gasteiger partial charge in [-0.05, 0) is 26.6 Å². The minimum atomic E-state index is -1.79. The fourth-order valence-electron chi connectivity index (χ4n) is 0.581. The average Bonchev–Trinajstić information content (AvgIpc) is 1.53. The van der Waals surface area contributed by atoms with E-state index in [2.05, 4.69) is 0 Å². The van der Waals surface area contributed by atoms with Crippen LogP contribution in [0.25, 0.3) is 0 Å². The second-order valence-corrected chi connectivity index (χ2v) is 7.89. The van der Waals surface area contributed by atoms with Gasteiger partial charge >= 0.3 is 0 Å². The average molecular weight is 174 g/mol. The largest absolute Gasteiger partial charge is 0.520 e. The highest BCUT2D eigenvalue weighted by Gasteiger charge is 2.20. The molecule has 0 heterocycles. The molecule has 0 bridgehead atoms. The first kappa shape index (κ1) is 10.4. The van der Waals surface area contributed by atoms with Gasteiger partial charge in [-0.25, -0.2) is 0 Å². The van der Waals surface area contributed by atoms with Gasteiger partial charge in [0.1, 0.15) is 12.2 Å². The lowest BCUT2D eigenvalue weighted by atomic mass is 10.3. The fourth-order valence-corrected chi connectivity index (χ4v) is 1.34. The fraction of sp³-hybridized carbons (Fsp3) is 0.714. The number of carbonyl (C=O) groups excluding carboxylic acids is 2. The van der Waals surface area contributed by atoms with Gasteiger partial charge in [-0.15, -0.1) is 0 Å². The molecule has 0 radical (unpaired) electrons. The third-order valence-electron chi connectivity index (χ3n) is 0.813. The van der Waals surface area contributed by atoms with Crippen molar-refractivity contribution in [3.05, 3.63) is 0 Å². The molecule has 3 nitrogen and oxygen atoms in total. The van der Waals surface area contributed by atoms with Crippen molar-refractivity contribution in [2.45, 2.75) is 33.0 Å². The molecule has 0 unspecified atom stereocenters. The topological polar surface area (TPSA) is 43.4 Å². The quantitative estimate of drug-likeness (QED) is 0.479. The van der Waals surface area contributed by atoms with Crippen LogP contribution in [-0.4, -0.2) is 20.1 Å². The van der Waals surface area contributed by atoms with E-state index < -0.39 is 14.3 Å². The normalized spacial score (nSPS) is 10.9. The van der Waals surface area contributed by atoms with Crippen molar-refractivity contribution in [2.24, 2.45) is 0 Å². The molecular formula is C7H14O3Si. The number of rotatable bonds is 3. The van der Waals surface area contributed by atoms with Crippen LogP contribution in [0, 0.1) is 0 Å². The summed E-state index contributed by atoms with van der Waals surface area (Å²) in [5.41, 5.74) is 0. The van der Waals surface area contributed by atoms with Crippen LogP contribution >= 0.6 is 0 Å². The Balaban J connectivity index is 3.80. The Bertz CT molecular complexity index is 169. The molecule has 0 aromatic heterocycles. The summed E-state index contributed by atoms with van der Waals surface area (Å²) in [5.74, 6) is -0.537. The first-order valence-electron chi connectivity index (χ1n) is 3.52. The van der Waals surface area contributed by atoms with E-state index in [4.69, 9.17) is 4.43 Å². The molecule has 11 heavy (non-hydrogen) atoms. The zero-order chi connectivity index (χ0) is 9.07. The Morgan fingerprint density at radius 3 is 2.00 bits per heavy atom. The predicted molar refractivity (Wildman–Crippen MR) is 44.7 cm³/mol. The maximum absolute atomic E-state index is 10.9. The van der Waals surface area contributed by atoms with Gasteiger partial charge in [-0.2, -0.15) is 0 Å². The van der Waals surface area contributed by atoms with E-state index in [1.54, 1.807) is 0 Å². The van der Waals surface area contributed by atoms with Gasteiger partial charge in [0.05, 0.1) is 0 Å². The minimum absolute atomic E-state index is 0.0930. The van der Waals surface area contributed by atoms with E-state index >= 15 is 0 Å². The minimum Gasteiger partial charge on any atom is -0.520 e. The number of ketones is 1. The smallest absolute Gasteiger partial charge is 0.299 e. The van der Waals surface area contributed by atoms with E-state index in [1.165, 1.54) is 6.92 Å². The van der Waals surface area contributed by atoms with E-state index in [1.807, 2.05) is 19.6 Å². The van der Waals surface area contributed by atoms with E-state index in [0.29, 0.717) is 0 Å². The summed E-state index contributed by atoms with van der Waals surface area (Å²) in [6.45, 7) is 7.10. The zero-order valence-corrected chi connectivity index (χ0v) is 8.43. The third-order valence-corrected chi connectivity index (χ3v) is 1.65. The predicted octanol–water partition coefficient (Wildman–Crippen LogP) is 1.34. The summed E-state index contributed by atoms with van der Waals surface area (Å²) in [6, 6.07) is 0. The van der Waals surface area contributed by atoms with Crippen molar-refractivity contribution in [3.8, 4) is 0 Å². The summed E-state index contributed by atoms with van der Waals surface area (Å²) in [6.07, 6.45) is -0.0930. The maximum Gasteiger partial charge on any atom is 0.299 e. The molecule has 0 aromatic rings. The lowest BCUT2D eigenvalue weighted by molar-refractivity contribution is -0.138. The number of Topliss-reactive ketones (excluding diaryl/α,β-unsaturated/α-hetero) is 1. The highest BCUT2D eigenvalue weighted by molar-refractivity contribution is 6.71. The van der Waals surface area contributed by atoms with Gasteiger partial charge in [0.2, 0.25) is 8.32 Å². The number of carbonyl (C=O) groups is 2. The molecule has 0 aliphatic rings. The van der Waals surface area contributed by atoms with Gasteiger partial charge in [-0.3, -0.25) is 9.59 Å². The van der Waals surface area contributed by atoms with Crippen LogP contribution in [0.2, 0.25) is 19.6 Å². The summed E-state index contributed by atoms with van der Waals surface area (Å²) in [7, 11) is -1.79. The summed E-state index contributed by atoms with van der Waals surface area (Å²) in [5, 5.41) is 0. The molecule has 0 fully saturated rings. The van der Waals surface area contributed by atoms with Crippen LogP contribution < -0.4 is 0 Å². The molecule has 0 spiro atoms. The number of hydrogen-bond donors (Lipinski definition) is 0. The highest BCUT2D eigenvalue weighted by Crippen LogP contribution is 2.04. The Morgan fingerprint density at radius 1 is 1.27 bits per heavy atom. The highest BCUT2D eigenvalue weighted by atomic mass is 28.4. The van der Waals surface area contributed by atoms with Crippen molar-refractivity contribution < 1.29 is 14.0 Å². The molecule has 0 aliphatic heterocycles. The van der Waals surface area contributed by atoms with Gasteiger partial charge in [0.15, 0.2) is 0 Å². The van der Waals surface area contributed by atoms with Crippen LogP contribution in [-0.2, 0) is 14.0 Å². The molecule has 0 saturated heterocycles. The molecule has 4 heteroatoms. The van der Waals surface area contributed by atoms with Gasteiger partial charge in [-0.1, -0.05) is 0 Å². The first-order chi connectivity index (χ1) is 4.81. The standard InChI is InChI=1S/C7H14O3Si/c1-6(8)5-7(9)10-11(2,3)4/h5H2,1-4H3.